The first-order valence-corrected chi connectivity index (χ1v) is 11.2. The standard InChI is InChI=1S/C24H20BrN3O2S/c1-16-11-12-17(2)28(16)19-8-6-7-18(13-19)23(29)27-26-15-20-14-22(25)24(30-20)31-21-9-4-3-5-10-21/h3-15H,1-2H3,(H,27,29)/b26-15-. The number of carbonyl (C=O) groups excluding carboxylic acids is 1. The smallest absolute Gasteiger partial charge is 0.271 e. The van der Waals surface area contributed by atoms with Crippen LogP contribution in [-0.4, -0.2) is 16.7 Å². The molecule has 0 unspecified atom stereocenters. The minimum Gasteiger partial charge on any atom is -0.447 e. The molecule has 4 rings (SSSR count). The van der Waals surface area contributed by atoms with Crippen LogP contribution in [0.4, 0.5) is 0 Å². The molecule has 0 fully saturated rings. The van der Waals surface area contributed by atoms with Gasteiger partial charge in [-0.2, -0.15) is 5.10 Å². The summed E-state index contributed by atoms with van der Waals surface area (Å²) in [5.41, 5.74) is 6.26. The fourth-order valence-electron chi connectivity index (χ4n) is 3.18. The Kier molecular flexibility index (Phi) is 6.44. The molecule has 0 aliphatic rings. The molecule has 4 aromatic rings. The van der Waals surface area contributed by atoms with Gasteiger partial charge in [0.15, 0.2) is 5.09 Å². The first-order chi connectivity index (χ1) is 15.0. The van der Waals surface area contributed by atoms with E-state index in [1.807, 2.05) is 68.4 Å². The predicted octanol–water partition coefficient (Wildman–Crippen LogP) is 6.36. The van der Waals surface area contributed by atoms with E-state index in [9.17, 15) is 4.79 Å². The zero-order valence-electron chi connectivity index (χ0n) is 17.0. The molecule has 7 heteroatoms. The number of aryl methyl sites for hydroxylation is 2. The summed E-state index contributed by atoms with van der Waals surface area (Å²) in [6.07, 6.45) is 1.49. The van der Waals surface area contributed by atoms with E-state index in [0.29, 0.717) is 11.3 Å². The van der Waals surface area contributed by atoms with Gasteiger partial charge >= 0.3 is 0 Å². The van der Waals surface area contributed by atoms with Crippen molar-refractivity contribution < 1.29 is 9.21 Å². The van der Waals surface area contributed by atoms with E-state index in [2.05, 4.69) is 43.2 Å². The second kappa shape index (κ2) is 9.41. The molecule has 2 heterocycles. The summed E-state index contributed by atoms with van der Waals surface area (Å²) in [5, 5.41) is 4.78. The molecule has 0 saturated carbocycles. The molecule has 0 aliphatic carbocycles. The second-order valence-electron chi connectivity index (χ2n) is 6.90. The third-order valence-corrected chi connectivity index (χ3v) is 6.47. The van der Waals surface area contributed by atoms with Gasteiger partial charge in [-0.3, -0.25) is 4.79 Å². The van der Waals surface area contributed by atoms with Crippen LogP contribution in [0, 0.1) is 13.8 Å². The normalized spacial score (nSPS) is 11.2. The minimum atomic E-state index is -0.287. The number of furan rings is 1. The lowest BCUT2D eigenvalue weighted by molar-refractivity contribution is 0.0955. The van der Waals surface area contributed by atoms with Crippen molar-refractivity contribution in [2.24, 2.45) is 5.10 Å². The molecule has 0 spiro atoms. The Bertz CT molecular complexity index is 1230. The first-order valence-electron chi connectivity index (χ1n) is 9.62. The van der Waals surface area contributed by atoms with Crippen LogP contribution in [0.2, 0.25) is 0 Å². The van der Waals surface area contributed by atoms with Gasteiger partial charge in [0.25, 0.3) is 5.91 Å². The van der Waals surface area contributed by atoms with Gasteiger partial charge in [-0.25, -0.2) is 5.43 Å². The van der Waals surface area contributed by atoms with Gasteiger partial charge in [0.1, 0.15) is 5.76 Å². The van der Waals surface area contributed by atoms with E-state index in [4.69, 9.17) is 4.42 Å². The number of hydrogen-bond acceptors (Lipinski definition) is 4. The summed E-state index contributed by atoms with van der Waals surface area (Å²) < 4.78 is 8.75. The number of amides is 1. The van der Waals surface area contributed by atoms with Crippen molar-refractivity contribution in [2.45, 2.75) is 23.8 Å². The molecule has 2 aromatic carbocycles. The van der Waals surface area contributed by atoms with Crippen LogP contribution in [0.5, 0.6) is 0 Å². The number of hydrogen-bond donors (Lipinski definition) is 1. The Morgan fingerprint density at radius 3 is 2.52 bits per heavy atom. The molecule has 2 aromatic heterocycles. The summed E-state index contributed by atoms with van der Waals surface area (Å²) in [4.78, 5) is 13.6. The van der Waals surface area contributed by atoms with Gasteiger partial charge in [0.05, 0.1) is 10.7 Å². The van der Waals surface area contributed by atoms with Gasteiger partial charge < -0.3 is 8.98 Å². The number of benzene rings is 2. The van der Waals surface area contributed by atoms with E-state index < -0.39 is 0 Å². The van der Waals surface area contributed by atoms with Gasteiger partial charge in [-0.1, -0.05) is 36.0 Å². The van der Waals surface area contributed by atoms with Crippen LogP contribution in [0.25, 0.3) is 5.69 Å². The van der Waals surface area contributed by atoms with Crippen LogP contribution in [-0.2, 0) is 0 Å². The Balaban J connectivity index is 1.43. The Morgan fingerprint density at radius 1 is 1.03 bits per heavy atom. The number of nitrogens with one attached hydrogen (secondary N) is 1. The lowest BCUT2D eigenvalue weighted by Crippen LogP contribution is -2.17. The van der Waals surface area contributed by atoms with Crippen LogP contribution >= 0.6 is 27.7 Å². The van der Waals surface area contributed by atoms with E-state index in [-0.39, 0.29) is 5.91 Å². The highest BCUT2D eigenvalue weighted by Gasteiger charge is 2.11. The number of nitrogens with zero attached hydrogens (tertiary/aromatic N) is 2. The van der Waals surface area contributed by atoms with Gasteiger partial charge in [0, 0.05) is 33.6 Å². The van der Waals surface area contributed by atoms with E-state index in [1.165, 1.54) is 18.0 Å². The summed E-state index contributed by atoms with van der Waals surface area (Å²) in [5.74, 6) is 0.253. The lowest BCUT2D eigenvalue weighted by atomic mass is 10.2. The molecule has 0 atom stereocenters. The Labute approximate surface area is 193 Å². The average molecular weight is 494 g/mol. The highest BCUT2D eigenvalue weighted by Crippen LogP contribution is 2.35. The largest absolute Gasteiger partial charge is 0.447 e. The molecule has 0 aliphatic heterocycles. The van der Waals surface area contributed by atoms with Crippen molar-refractivity contribution in [3.63, 3.8) is 0 Å². The predicted molar refractivity (Wildman–Crippen MR) is 127 cm³/mol. The van der Waals surface area contributed by atoms with Crippen molar-refractivity contribution >= 4 is 39.8 Å². The van der Waals surface area contributed by atoms with Gasteiger partial charge in [-0.15, -0.1) is 0 Å². The molecule has 0 radical (unpaired) electrons. The van der Waals surface area contributed by atoms with E-state index in [0.717, 1.165) is 31.5 Å². The molecule has 0 bridgehead atoms. The maximum absolute atomic E-state index is 12.6. The first kappa shape index (κ1) is 21.2. The molecular weight excluding hydrogens is 474 g/mol. The fourth-order valence-corrected chi connectivity index (χ4v) is 4.53. The summed E-state index contributed by atoms with van der Waals surface area (Å²) in [6.45, 7) is 4.08. The number of rotatable bonds is 6. The third kappa shape index (κ3) is 5.00. The SMILES string of the molecule is Cc1ccc(C)n1-c1cccc(C(=O)N/N=C\c2cc(Br)c(Sc3ccccc3)o2)c1. The number of halogens is 1. The van der Waals surface area contributed by atoms with Crippen molar-refractivity contribution in [2.75, 3.05) is 0 Å². The maximum atomic E-state index is 12.6. The minimum absolute atomic E-state index is 0.287. The number of carbonyl (C=O) groups is 1. The molecule has 156 valence electrons. The molecule has 1 amide bonds. The highest BCUT2D eigenvalue weighted by atomic mass is 79.9. The second-order valence-corrected chi connectivity index (χ2v) is 8.80. The summed E-state index contributed by atoms with van der Waals surface area (Å²) >= 11 is 5.01. The fraction of sp³-hybridized carbons (Fsp3) is 0.0833. The van der Waals surface area contributed by atoms with Crippen LogP contribution in [0.3, 0.4) is 0 Å². The Hall–Kier alpha value is -3.03. The quantitative estimate of drug-likeness (QED) is 0.251. The lowest BCUT2D eigenvalue weighted by Gasteiger charge is -2.10. The van der Waals surface area contributed by atoms with Crippen LogP contribution in [0.1, 0.15) is 27.5 Å². The van der Waals surface area contributed by atoms with Crippen molar-refractivity contribution in [3.05, 3.63) is 100.0 Å². The molecule has 31 heavy (non-hydrogen) atoms. The van der Waals surface area contributed by atoms with Crippen molar-refractivity contribution in [1.29, 1.82) is 0 Å². The van der Waals surface area contributed by atoms with E-state index in [1.54, 1.807) is 6.07 Å². The van der Waals surface area contributed by atoms with Crippen LogP contribution < -0.4 is 5.43 Å². The number of hydrazone groups is 1. The topological polar surface area (TPSA) is 59.5 Å². The molecule has 0 saturated heterocycles. The summed E-state index contributed by atoms with van der Waals surface area (Å²) in [6, 6.07) is 23.3. The Morgan fingerprint density at radius 2 is 1.77 bits per heavy atom. The molecule has 1 N–H and O–H groups in total. The highest BCUT2D eigenvalue weighted by molar-refractivity contribution is 9.10. The van der Waals surface area contributed by atoms with Crippen LogP contribution in [0.15, 0.2) is 96.8 Å². The zero-order valence-corrected chi connectivity index (χ0v) is 19.4. The zero-order chi connectivity index (χ0) is 21.8. The molecular formula is C24H20BrN3O2S. The van der Waals surface area contributed by atoms with Crippen molar-refractivity contribution in [3.8, 4) is 5.69 Å². The average Bonchev–Trinajstić information content (AvgIpc) is 3.29. The number of aromatic nitrogens is 1. The van der Waals surface area contributed by atoms with Gasteiger partial charge in [-0.05, 0) is 72.2 Å². The molecule has 5 nitrogen and oxygen atoms in total. The van der Waals surface area contributed by atoms with Gasteiger partial charge in [0.2, 0.25) is 0 Å². The summed E-state index contributed by atoms with van der Waals surface area (Å²) in [7, 11) is 0. The monoisotopic (exact) mass is 493 g/mol. The van der Waals surface area contributed by atoms with Crippen molar-refractivity contribution in [1.82, 2.24) is 9.99 Å². The maximum Gasteiger partial charge on any atom is 0.271 e. The van der Waals surface area contributed by atoms with E-state index >= 15 is 0 Å². The third-order valence-electron chi connectivity index (χ3n) is 4.62.